The van der Waals surface area contributed by atoms with Gasteiger partial charge in [-0.1, -0.05) is 0 Å². The molecule has 1 heterocycles. The predicted octanol–water partition coefficient (Wildman–Crippen LogP) is 0.805. The maximum absolute atomic E-state index is 4.12. The maximum atomic E-state index is 4.12. The molecule has 1 aliphatic rings. The Morgan fingerprint density at radius 2 is 2.09 bits per heavy atom. The number of piperidine rings is 1. The first kappa shape index (κ1) is 9.36. The minimum Gasteiger partial charge on any atom is -0.308 e. The summed E-state index contributed by atoms with van der Waals surface area (Å²) in [5.74, 6) is 1.70. The van der Waals surface area contributed by atoms with E-state index in [2.05, 4.69) is 29.9 Å². The van der Waals surface area contributed by atoms with Gasteiger partial charge in [0.15, 0.2) is 0 Å². The van der Waals surface area contributed by atoms with E-state index in [0.29, 0.717) is 0 Å². The van der Waals surface area contributed by atoms with Crippen LogP contribution in [0.2, 0.25) is 0 Å². The van der Waals surface area contributed by atoms with Gasteiger partial charge < -0.3 is 10.2 Å². The van der Waals surface area contributed by atoms with E-state index in [0.717, 1.165) is 18.3 Å². The molecule has 0 aromatic heterocycles. The molecule has 0 spiro atoms. The van der Waals surface area contributed by atoms with Crippen LogP contribution in [0.4, 0.5) is 0 Å². The van der Waals surface area contributed by atoms with E-state index in [1.165, 1.54) is 25.9 Å². The molecule has 11 heavy (non-hydrogen) atoms. The van der Waals surface area contributed by atoms with Gasteiger partial charge in [-0.05, 0) is 45.4 Å². The Hall–Kier alpha value is 0.270. The van der Waals surface area contributed by atoms with Gasteiger partial charge in [0, 0.05) is 5.88 Å². The number of nitrogens with one attached hydrogen (secondary N) is 1. The van der Waals surface area contributed by atoms with Gasteiger partial charge in [-0.25, -0.2) is 0 Å². The van der Waals surface area contributed by atoms with Crippen molar-refractivity contribution in [1.82, 2.24) is 10.2 Å². The van der Waals surface area contributed by atoms with Crippen molar-refractivity contribution in [1.29, 1.82) is 0 Å². The first-order valence-electron chi connectivity index (χ1n) is 4.33. The van der Waals surface area contributed by atoms with Crippen LogP contribution in [0.3, 0.4) is 0 Å². The molecule has 0 atom stereocenters. The summed E-state index contributed by atoms with van der Waals surface area (Å²) in [6.07, 6.45) is 2.69. The molecule has 2 nitrogen and oxygen atoms in total. The van der Waals surface area contributed by atoms with E-state index in [1.807, 2.05) is 0 Å². The van der Waals surface area contributed by atoms with Gasteiger partial charge in [-0.3, -0.25) is 0 Å². The highest BCUT2D eigenvalue weighted by atomic mass is 32.1. The van der Waals surface area contributed by atoms with Crippen molar-refractivity contribution in [3.8, 4) is 0 Å². The van der Waals surface area contributed by atoms with Crippen LogP contribution in [0, 0.1) is 5.92 Å². The standard InChI is InChI=1S/C8H18N2S/c1-10-4-2-8(3-5-10)6-9-7-11/h8-9,11H,2-7H2,1H3. The van der Waals surface area contributed by atoms with Crippen LogP contribution < -0.4 is 5.32 Å². The maximum Gasteiger partial charge on any atom is 0.0387 e. The van der Waals surface area contributed by atoms with Crippen molar-refractivity contribution in [2.75, 3.05) is 32.6 Å². The molecule has 0 aromatic rings. The Morgan fingerprint density at radius 1 is 1.45 bits per heavy atom. The lowest BCUT2D eigenvalue weighted by atomic mass is 9.97. The van der Waals surface area contributed by atoms with Crippen molar-refractivity contribution < 1.29 is 0 Å². The number of hydrogen-bond acceptors (Lipinski definition) is 3. The third-order valence-electron chi connectivity index (χ3n) is 2.38. The lowest BCUT2D eigenvalue weighted by molar-refractivity contribution is 0.218. The topological polar surface area (TPSA) is 15.3 Å². The smallest absolute Gasteiger partial charge is 0.0387 e. The normalized spacial score (nSPS) is 22.4. The zero-order valence-electron chi connectivity index (χ0n) is 7.21. The first-order chi connectivity index (χ1) is 5.33. The van der Waals surface area contributed by atoms with E-state index in [-0.39, 0.29) is 0 Å². The summed E-state index contributed by atoms with van der Waals surface area (Å²) in [7, 11) is 2.20. The number of rotatable bonds is 3. The molecule has 1 N–H and O–H groups in total. The molecule has 66 valence electrons. The summed E-state index contributed by atoms with van der Waals surface area (Å²) in [5, 5.41) is 3.28. The third-order valence-corrected chi connectivity index (χ3v) is 2.61. The fraction of sp³-hybridized carbons (Fsp3) is 1.00. The van der Waals surface area contributed by atoms with Crippen LogP contribution in [0.25, 0.3) is 0 Å². The van der Waals surface area contributed by atoms with E-state index < -0.39 is 0 Å². The second-order valence-electron chi connectivity index (χ2n) is 3.36. The summed E-state index contributed by atoms with van der Waals surface area (Å²) < 4.78 is 0. The number of thiol groups is 1. The lowest BCUT2D eigenvalue weighted by Crippen LogP contribution is -2.34. The summed E-state index contributed by atoms with van der Waals surface area (Å²) >= 11 is 4.12. The molecule has 3 heteroatoms. The highest BCUT2D eigenvalue weighted by Crippen LogP contribution is 2.14. The van der Waals surface area contributed by atoms with Crippen molar-refractivity contribution in [3.63, 3.8) is 0 Å². The molecule has 1 rings (SSSR count). The molecule has 0 saturated carbocycles. The van der Waals surface area contributed by atoms with E-state index in [1.54, 1.807) is 0 Å². The molecule has 0 aromatic carbocycles. The largest absolute Gasteiger partial charge is 0.308 e. The SMILES string of the molecule is CN1CCC(CNCS)CC1. The molecule has 1 aliphatic heterocycles. The van der Waals surface area contributed by atoms with Crippen molar-refractivity contribution in [2.45, 2.75) is 12.8 Å². The Bertz CT molecular complexity index is 97.5. The van der Waals surface area contributed by atoms with Gasteiger partial charge in [0.1, 0.15) is 0 Å². The lowest BCUT2D eigenvalue weighted by Gasteiger charge is -2.28. The second kappa shape index (κ2) is 5.01. The number of nitrogens with zero attached hydrogens (tertiary/aromatic N) is 1. The third kappa shape index (κ3) is 3.45. The number of likely N-dealkylation sites (tertiary alicyclic amines) is 1. The summed E-state index contributed by atoms with van der Waals surface area (Å²) in [6.45, 7) is 3.68. The highest BCUT2D eigenvalue weighted by molar-refractivity contribution is 7.80. The van der Waals surface area contributed by atoms with E-state index in [4.69, 9.17) is 0 Å². The monoisotopic (exact) mass is 174 g/mol. The molecule has 1 saturated heterocycles. The Balaban J connectivity index is 2.07. The van der Waals surface area contributed by atoms with Crippen LogP contribution in [0.15, 0.2) is 0 Å². The van der Waals surface area contributed by atoms with E-state index >= 15 is 0 Å². The minimum absolute atomic E-state index is 0.812. The predicted molar refractivity (Wildman–Crippen MR) is 52.1 cm³/mol. The van der Waals surface area contributed by atoms with Gasteiger partial charge in [-0.2, -0.15) is 12.6 Å². The summed E-state index contributed by atoms with van der Waals surface area (Å²) in [5.41, 5.74) is 0. The van der Waals surface area contributed by atoms with Crippen LogP contribution in [-0.2, 0) is 0 Å². The molecule has 0 unspecified atom stereocenters. The zero-order valence-corrected chi connectivity index (χ0v) is 8.11. The molecule has 0 bridgehead atoms. The van der Waals surface area contributed by atoms with Crippen LogP contribution in [0.5, 0.6) is 0 Å². The molecule has 0 radical (unpaired) electrons. The fourth-order valence-electron chi connectivity index (χ4n) is 1.53. The minimum atomic E-state index is 0.812. The average Bonchev–Trinajstić information content (AvgIpc) is 2.04. The van der Waals surface area contributed by atoms with Gasteiger partial charge in [0.2, 0.25) is 0 Å². The molecule has 0 aliphatic carbocycles. The van der Waals surface area contributed by atoms with Crippen molar-refractivity contribution in [2.24, 2.45) is 5.92 Å². The van der Waals surface area contributed by atoms with E-state index in [9.17, 15) is 0 Å². The molecule has 0 amide bonds. The average molecular weight is 174 g/mol. The van der Waals surface area contributed by atoms with Crippen LogP contribution >= 0.6 is 12.6 Å². The fourth-order valence-corrected chi connectivity index (χ4v) is 1.66. The quantitative estimate of drug-likeness (QED) is 0.486. The van der Waals surface area contributed by atoms with Gasteiger partial charge in [0.05, 0.1) is 0 Å². The zero-order chi connectivity index (χ0) is 8.10. The van der Waals surface area contributed by atoms with Crippen molar-refractivity contribution >= 4 is 12.6 Å². The van der Waals surface area contributed by atoms with Crippen molar-refractivity contribution in [3.05, 3.63) is 0 Å². The summed E-state index contributed by atoms with van der Waals surface area (Å²) in [4.78, 5) is 2.40. The Labute approximate surface area is 74.8 Å². The van der Waals surface area contributed by atoms with Gasteiger partial charge >= 0.3 is 0 Å². The van der Waals surface area contributed by atoms with Gasteiger partial charge in [-0.15, -0.1) is 0 Å². The Morgan fingerprint density at radius 3 is 2.64 bits per heavy atom. The van der Waals surface area contributed by atoms with Crippen LogP contribution in [-0.4, -0.2) is 37.5 Å². The Kier molecular flexibility index (Phi) is 4.26. The highest BCUT2D eigenvalue weighted by Gasteiger charge is 2.15. The first-order valence-corrected chi connectivity index (χ1v) is 4.96. The van der Waals surface area contributed by atoms with Crippen LogP contribution in [0.1, 0.15) is 12.8 Å². The van der Waals surface area contributed by atoms with Gasteiger partial charge in [0.25, 0.3) is 0 Å². The number of hydrogen-bond donors (Lipinski definition) is 2. The second-order valence-corrected chi connectivity index (χ2v) is 3.68. The molecular formula is C8H18N2S. The molecular weight excluding hydrogens is 156 g/mol. The summed E-state index contributed by atoms with van der Waals surface area (Å²) in [6, 6.07) is 0. The molecule has 1 fully saturated rings.